The average molecular weight is 1320 g/mol. The number of ketones is 2. The summed E-state index contributed by atoms with van der Waals surface area (Å²) in [5.74, 6) is -15.7. The molecule has 478 valence electrons. The quantitative estimate of drug-likeness (QED) is 0.0668. The van der Waals surface area contributed by atoms with E-state index in [4.69, 9.17) is 18.9 Å². The number of rotatable bonds is 13. The maximum Gasteiger partial charge on any atom is 0.382 e. The summed E-state index contributed by atoms with van der Waals surface area (Å²) in [6, 6.07) is 41.2. The van der Waals surface area contributed by atoms with Gasteiger partial charge in [0.2, 0.25) is 0 Å². The second-order valence-electron chi connectivity index (χ2n) is 20.8. The molecule has 3 atom stereocenters. The van der Waals surface area contributed by atoms with E-state index in [1.165, 1.54) is 81.5 Å². The van der Waals surface area contributed by atoms with Crippen LogP contribution in [0.3, 0.4) is 0 Å². The Morgan fingerprint density at radius 1 is 0.578 bits per heavy atom. The number of nitrogens with one attached hydrogen (secondary N) is 1. The summed E-state index contributed by atoms with van der Waals surface area (Å²) in [6.07, 6.45) is 0. The maximum atomic E-state index is 14.6. The molecule has 2 amide bonds. The third-order valence-corrected chi connectivity index (χ3v) is 15.7. The number of nitrogens with zero attached hydrogens (tertiary/aromatic N) is 2. The first kappa shape index (κ1) is 70.5. The van der Waals surface area contributed by atoms with Gasteiger partial charge in [0.15, 0.2) is 11.6 Å². The molecular weight excluding hydrogens is 1250 g/mol. The van der Waals surface area contributed by atoms with Gasteiger partial charge in [-0.25, -0.2) is 4.79 Å². The molecule has 3 aliphatic rings. The normalized spacial score (nSPS) is 17.3. The van der Waals surface area contributed by atoms with Gasteiger partial charge in [0.25, 0.3) is 17.7 Å². The van der Waals surface area contributed by atoms with Gasteiger partial charge in [-0.2, -0.15) is 35.1 Å². The highest BCUT2D eigenvalue weighted by atomic mass is 79.9. The van der Waals surface area contributed by atoms with E-state index in [1.54, 1.807) is 107 Å². The minimum Gasteiger partial charge on any atom is -0.497 e. The summed E-state index contributed by atoms with van der Waals surface area (Å²) < 4.78 is 139. The van der Waals surface area contributed by atoms with Crippen LogP contribution in [0.5, 0.6) is 23.0 Å². The predicted octanol–water partition coefficient (Wildman–Crippen LogP) is 15.4. The number of Topliss-reactive ketones (excluding diaryl/α,β-unsaturated/α-hetero) is 2. The molecule has 0 spiro atoms. The Kier molecular flexibility index (Phi) is 23.7. The van der Waals surface area contributed by atoms with Crippen LogP contribution in [0.15, 0.2) is 162 Å². The van der Waals surface area contributed by atoms with Gasteiger partial charge < -0.3 is 33.9 Å². The van der Waals surface area contributed by atoms with E-state index in [0.29, 0.717) is 51.8 Å². The molecule has 10 rings (SSSR count). The zero-order chi connectivity index (χ0) is 66.5. The molecular formula is C68H68BrF8N3O10. The van der Waals surface area contributed by atoms with Crippen LogP contribution in [0.4, 0.5) is 35.1 Å². The Balaban J connectivity index is 0.000000185. The number of methoxy groups -OCH3 is 4. The summed E-state index contributed by atoms with van der Waals surface area (Å²) >= 11 is 3.28. The summed E-state index contributed by atoms with van der Waals surface area (Å²) in [5.41, 5.74) is 2.80. The lowest BCUT2D eigenvalue weighted by atomic mass is 9.90. The molecule has 90 heavy (non-hydrogen) atoms. The van der Waals surface area contributed by atoms with Gasteiger partial charge in [0, 0.05) is 73.7 Å². The first-order valence-electron chi connectivity index (χ1n) is 28.1. The Bertz CT molecular complexity index is 3700. The van der Waals surface area contributed by atoms with Crippen LogP contribution in [0, 0.1) is 0 Å². The molecule has 0 aliphatic carbocycles. The van der Waals surface area contributed by atoms with Gasteiger partial charge >= 0.3 is 23.7 Å². The number of fused-ring (bicyclic) bond motifs is 3. The Morgan fingerprint density at radius 2 is 1.03 bits per heavy atom. The fraction of sp³-hybridized carbons (Fsp3) is 0.309. The lowest BCUT2D eigenvalue weighted by Crippen LogP contribution is -2.47. The molecule has 3 heterocycles. The smallest absolute Gasteiger partial charge is 0.382 e. The summed E-state index contributed by atoms with van der Waals surface area (Å²) in [5, 5.41) is 2.24. The van der Waals surface area contributed by atoms with Crippen LogP contribution >= 0.6 is 15.9 Å². The third kappa shape index (κ3) is 16.0. The van der Waals surface area contributed by atoms with Crippen LogP contribution in [0.2, 0.25) is 0 Å². The van der Waals surface area contributed by atoms with Crippen molar-refractivity contribution in [3.05, 3.63) is 223 Å². The van der Waals surface area contributed by atoms with Crippen molar-refractivity contribution in [2.24, 2.45) is 0 Å². The molecule has 0 saturated heterocycles. The molecule has 22 heteroatoms. The highest BCUT2D eigenvalue weighted by molar-refractivity contribution is 9.10. The molecule has 7 aromatic carbocycles. The Morgan fingerprint density at radius 3 is 1.53 bits per heavy atom. The Hall–Kier alpha value is -8.63. The molecule has 13 nitrogen and oxygen atoms in total. The molecule has 0 saturated carbocycles. The minimum absolute atomic E-state index is 0.0249. The van der Waals surface area contributed by atoms with E-state index < -0.39 is 58.9 Å². The number of hydrogen-bond donors (Lipinski definition) is 1. The number of alkyl halides is 8. The second kappa shape index (κ2) is 30.3. The average Bonchev–Trinajstić information content (AvgIpc) is 0.816. The highest BCUT2D eigenvalue weighted by Crippen LogP contribution is 2.46. The second-order valence-corrected chi connectivity index (χ2v) is 21.6. The fourth-order valence-electron chi connectivity index (χ4n) is 10.2. The van der Waals surface area contributed by atoms with Crippen molar-refractivity contribution in [3.63, 3.8) is 0 Å². The van der Waals surface area contributed by atoms with E-state index in [0.717, 1.165) is 21.7 Å². The van der Waals surface area contributed by atoms with Crippen molar-refractivity contribution in [1.29, 1.82) is 0 Å². The number of esters is 1. The predicted molar refractivity (Wildman–Crippen MR) is 326 cm³/mol. The lowest BCUT2D eigenvalue weighted by molar-refractivity contribution is -0.173. The number of benzene rings is 7. The highest BCUT2D eigenvalue weighted by Gasteiger charge is 2.52. The number of hydrogen-bond acceptors (Lipinski definition) is 11. The molecule has 0 radical (unpaired) electrons. The number of halogens is 9. The summed E-state index contributed by atoms with van der Waals surface area (Å²) in [7, 11) is 6.17. The maximum absolute atomic E-state index is 14.6. The van der Waals surface area contributed by atoms with Gasteiger partial charge in [-0.05, 0) is 82.5 Å². The van der Waals surface area contributed by atoms with Gasteiger partial charge in [0.05, 0.1) is 60.2 Å². The minimum atomic E-state index is -3.81. The molecule has 3 unspecified atom stereocenters. The number of amides is 2. The van der Waals surface area contributed by atoms with Gasteiger partial charge in [-0.3, -0.25) is 24.1 Å². The summed E-state index contributed by atoms with van der Waals surface area (Å²) in [4.78, 5) is 59.7. The third-order valence-electron chi connectivity index (χ3n) is 15.0. The van der Waals surface area contributed by atoms with Gasteiger partial charge in [-0.1, -0.05) is 137 Å². The molecule has 0 aromatic heterocycles. The number of carbonyl (C=O) groups excluding carboxylic acids is 5. The van der Waals surface area contributed by atoms with Crippen LogP contribution in [-0.2, 0) is 55.9 Å². The zero-order valence-corrected chi connectivity index (χ0v) is 52.5. The van der Waals surface area contributed by atoms with Crippen LogP contribution in [-0.4, -0.2) is 80.7 Å². The lowest BCUT2D eigenvalue weighted by Gasteiger charge is -2.39. The van der Waals surface area contributed by atoms with Crippen molar-refractivity contribution < 1.29 is 82.8 Å². The SMILES string of the molecule is CC(=O)c1ccccc1Br.CC1NC(=O)C(F)(F)c2ccccc21.CCOC(=O)C(F)(F)c1ccccc1C(C)=O.COc1ccc(CN2C(=O)C(F)(F)c3ccccc3C2C)c(OC)c1.COc1ccc(CN2CC(F)(F)c3ccccc3C2C)c(OC)c1. The zero-order valence-electron chi connectivity index (χ0n) is 51.0. The van der Waals surface area contributed by atoms with Crippen LogP contribution in [0.1, 0.15) is 130 Å². The monoisotopic (exact) mass is 1320 g/mol. The van der Waals surface area contributed by atoms with Crippen molar-refractivity contribution >= 4 is 45.3 Å². The van der Waals surface area contributed by atoms with E-state index in [2.05, 4.69) is 26.0 Å². The topological polar surface area (TPSA) is 150 Å². The summed E-state index contributed by atoms with van der Waals surface area (Å²) in [6.45, 7) is 9.52. The first-order chi connectivity index (χ1) is 42.5. The Labute approximate surface area is 525 Å². The van der Waals surface area contributed by atoms with Gasteiger partial charge in [-0.15, -0.1) is 0 Å². The van der Waals surface area contributed by atoms with Crippen LogP contribution < -0.4 is 24.3 Å². The van der Waals surface area contributed by atoms with Crippen molar-refractivity contribution in [1.82, 2.24) is 15.1 Å². The largest absolute Gasteiger partial charge is 0.497 e. The fourth-order valence-corrected chi connectivity index (χ4v) is 10.8. The van der Waals surface area contributed by atoms with Crippen molar-refractivity contribution in [2.75, 3.05) is 41.6 Å². The standard InChI is InChI=1S/C19H19F2NO3.C19H21F2NO2.C12H12F2O3.C10H9F2NO.C8H7BrO/c1-12-15-6-4-5-7-16(15)19(20,21)18(23)22(12)11-13-8-9-14(24-2)10-17(13)25-3;1-13-16-6-4-5-7-17(16)19(20,21)12-22(13)11-14-8-9-15(23-2)10-18(14)24-3;1-3-17-11(16)12(13,14)10-7-5-4-6-9(10)8(2)15;1-6-7-4-2-3-5-8(7)10(11,12)9(14)13-6;1-6(10)7-4-2-3-5-8(7)9/h4-10,12H,11H2,1-3H3;4-10,13H,11-12H2,1-3H3;4-7H,3H2,1-2H3;2-6H,1H3,(H,13,14);2-5H,1H3. The van der Waals surface area contributed by atoms with Crippen molar-refractivity contribution in [2.45, 2.75) is 96.4 Å². The van der Waals surface area contributed by atoms with Crippen molar-refractivity contribution in [3.8, 4) is 23.0 Å². The molecule has 1 N–H and O–H groups in total. The first-order valence-corrected chi connectivity index (χ1v) is 28.9. The number of ether oxygens (including phenoxy) is 5. The van der Waals surface area contributed by atoms with E-state index in [9.17, 15) is 59.1 Å². The van der Waals surface area contributed by atoms with Gasteiger partial charge in [0.1, 0.15) is 23.0 Å². The van der Waals surface area contributed by atoms with Crippen LogP contribution in [0.25, 0.3) is 0 Å². The van der Waals surface area contributed by atoms with E-state index in [1.807, 2.05) is 43.3 Å². The van der Waals surface area contributed by atoms with E-state index in [-0.39, 0.29) is 59.8 Å². The molecule has 0 fully saturated rings. The van der Waals surface area contributed by atoms with E-state index >= 15 is 0 Å². The molecule has 0 bridgehead atoms. The number of carbonyl (C=O) groups is 5. The molecule has 7 aromatic rings. The molecule has 3 aliphatic heterocycles.